The minimum absolute atomic E-state index is 0.0209. The van der Waals surface area contributed by atoms with E-state index < -0.39 is 17.3 Å². The summed E-state index contributed by atoms with van der Waals surface area (Å²) in [6.45, 7) is 1.45. The molecule has 0 fully saturated rings. The van der Waals surface area contributed by atoms with Crippen molar-refractivity contribution in [2.24, 2.45) is 0 Å². The lowest BCUT2D eigenvalue weighted by molar-refractivity contribution is -0.138. The van der Waals surface area contributed by atoms with Gasteiger partial charge in [0.05, 0.1) is 22.8 Å². The normalized spacial score (nSPS) is 10.9. The Labute approximate surface area is 135 Å². The van der Waals surface area contributed by atoms with Gasteiger partial charge in [0.25, 0.3) is 0 Å². The molecule has 1 aromatic heterocycles. The molecule has 2 aromatic rings. The molecule has 0 amide bonds. The molecule has 1 aromatic carbocycles. The van der Waals surface area contributed by atoms with E-state index in [-0.39, 0.29) is 16.5 Å². The average molecular weight is 333 g/mol. The smallest absolute Gasteiger partial charge is 0.245 e. The van der Waals surface area contributed by atoms with Crippen LogP contribution in [-0.2, 0) is 11.9 Å². The first kappa shape index (κ1) is 16.9. The SMILES string of the molecule is Cc1cc(C(F)(F)F)c(C#N)c(SCc2ccccc2C#N)n1. The molecule has 0 aliphatic carbocycles. The first-order valence-electron chi connectivity index (χ1n) is 6.46. The first-order chi connectivity index (χ1) is 10.9. The van der Waals surface area contributed by atoms with Crippen molar-refractivity contribution in [1.29, 1.82) is 10.5 Å². The third kappa shape index (κ3) is 3.82. The predicted molar refractivity (Wildman–Crippen MR) is 79.4 cm³/mol. The van der Waals surface area contributed by atoms with Gasteiger partial charge in [-0.1, -0.05) is 18.2 Å². The van der Waals surface area contributed by atoms with E-state index in [1.165, 1.54) is 6.92 Å². The maximum atomic E-state index is 13.0. The molecular formula is C16H10F3N3S. The van der Waals surface area contributed by atoms with Crippen LogP contribution in [0.4, 0.5) is 13.2 Å². The van der Waals surface area contributed by atoms with Crippen LogP contribution in [0.3, 0.4) is 0 Å². The molecule has 0 unspecified atom stereocenters. The van der Waals surface area contributed by atoms with Crippen LogP contribution in [0.2, 0.25) is 0 Å². The number of benzene rings is 1. The molecule has 0 saturated heterocycles. The number of pyridine rings is 1. The number of nitriles is 2. The zero-order valence-electron chi connectivity index (χ0n) is 12.0. The van der Waals surface area contributed by atoms with Crippen molar-refractivity contribution in [3.05, 3.63) is 58.3 Å². The van der Waals surface area contributed by atoms with Crippen LogP contribution in [0.5, 0.6) is 0 Å². The Balaban J connectivity index is 2.39. The maximum Gasteiger partial charge on any atom is 0.417 e. The lowest BCUT2D eigenvalue weighted by Gasteiger charge is -2.13. The highest BCUT2D eigenvalue weighted by atomic mass is 32.2. The molecule has 0 aliphatic heterocycles. The molecule has 7 heteroatoms. The standard InChI is InChI=1S/C16H10F3N3S/c1-10-6-14(16(17,18)19)13(8-21)15(22-10)23-9-12-5-3-2-4-11(12)7-20/h2-6H,9H2,1H3. The number of thioether (sulfide) groups is 1. The minimum Gasteiger partial charge on any atom is -0.245 e. The van der Waals surface area contributed by atoms with Gasteiger partial charge in [-0.15, -0.1) is 11.8 Å². The van der Waals surface area contributed by atoms with Crippen LogP contribution >= 0.6 is 11.8 Å². The molecule has 0 saturated carbocycles. The van der Waals surface area contributed by atoms with Crippen molar-refractivity contribution in [2.75, 3.05) is 0 Å². The molecule has 0 spiro atoms. The Bertz CT molecular complexity index is 817. The fourth-order valence-corrected chi connectivity index (χ4v) is 3.03. The second-order valence-electron chi connectivity index (χ2n) is 4.66. The Kier molecular flexibility index (Phi) is 4.92. The third-order valence-electron chi connectivity index (χ3n) is 3.03. The molecule has 2 rings (SSSR count). The van der Waals surface area contributed by atoms with Gasteiger partial charge in [0, 0.05) is 11.4 Å². The highest BCUT2D eigenvalue weighted by molar-refractivity contribution is 7.98. The van der Waals surface area contributed by atoms with Gasteiger partial charge in [-0.05, 0) is 24.6 Å². The molecule has 116 valence electrons. The number of alkyl halides is 3. The summed E-state index contributed by atoms with van der Waals surface area (Å²) in [4.78, 5) is 4.05. The molecule has 0 atom stereocenters. The van der Waals surface area contributed by atoms with E-state index in [0.29, 0.717) is 11.1 Å². The topological polar surface area (TPSA) is 60.5 Å². The first-order valence-corrected chi connectivity index (χ1v) is 7.45. The average Bonchev–Trinajstić information content (AvgIpc) is 2.51. The van der Waals surface area contributed by atoms with Gasteiger partial charge >= 0.3 is 6.18 Å². The van der Waals surface area contributed by atoms with E-state index >= 15 is 0 Å². The van der Waals surface area contributed by atoms with Crippen molar-refractivity contribution in [3.63, 3.8) is 0 Å². The molecule has 1 heterocycles. The van der Waals surface area contributed by atoms with Gasteiger partial charge in [0.15, 0.2) is 0 Å². The largest absolute Gasteiger partial charge is 0.417 e. The minimum atomic E-state index is -4.61. The van der Waals surface area contributed by atoms with Crippen LogP contribution in [0.1, 0.15) is 27.9 Å². The fourth-order valence-electron chi connectivity index (χ4n) is 1.98. The molecule has 0 aliphatic rings. The van der Waals surface area contributed by atoms with Gasteiger partial charge in [0.2, 0.25) is 0 Å². The number of aromatic nitrogens is 1. The zero-order valence-corrected chi connectivity index (χ0v) is 12.8. The highest BCUT2D eigenvalue weighted by Gasteiger charge is 2.35. The summed E-state index contributed by atoms with van der Waals surface area (Å²) >= 11 is 1.01. The summed E-state index contributed by atoms with van der Waals surface area (Å²) in [6.07, 6.45) is -4.61. The molecule has 0 bridgehead atoms. The number of hydrogen-bond acceptors (Lipinski definition) is 4. The fraction of sp³-hybridized carbons (Fsp3) is 0.188. The zero-order chi connectivity index (χ0) is 17.0. The summed E-state index contributed by atoms with van der Waals surface area (Å²) in [5, 5.41) is 18.2. The number of rotatable bonds is 3. The maximum absolute atomic E-state index is 13.0. The Morgan fingerprint density at radius 3 is 2.48 bits per heavy atom. The van der Waals surface area contributed by atoms with Crippen molar-refractivity contribution in [3.8, 4) is 12.1 Å². The third-order valence-corrected chi connectivity index (χ3v) is 4.06. The van der Waals surface area contributed by atoms with E-state index in [1.807, 2.05) is 6.07 Å². The van der Waals surface area contributed by atoms with Crippen LogP contribution in [-0.4, -0.2) is 4.98 Å². The quantitative estimate of drug-likeness (QED) is 0.779. The Hall–Kier alpha value is -2.51. The van der Waals surface area contributed by atoms with Crippen molar-refractivity contribution in [1.82, 2.24) is 4.98 Å². The predicted octanol–water partition coefficient (Wildman–Crippen LogP) is 4.44. The molecule has 0 radical (unpaired) electrons. The monoisotopic (exact) mass is 333 g/mol. The summed E-state index contributed by atoms with van der Waals surface area (Å²) < 4.78 is 39.1. The van der Waals surface area contributed by atoms with Crippen molar-refractivity contribution < 1.29 is 13.2 Å². The van der Waals surface area contributed by atoms with E-state index in [2.05, 4.69) is 4.98 Å². The molecule has 0 N–H and O–H groups in total. The molecule has 3 nitrogen and oxygen atoms in total. The van der Waals surface area contributed by atoms with Gasteiger partial charge in [0.1, 0.15) is 11.1 Å². The van der Waals surface area contributed by atoms with Crippen molar-refractivity contribution >= 4 is 11.8 Å². The van der Waals surface area contributed by atoms with E-state index in [1.54, 1.807) is 30.3 Å². The summed E-state index contributed by atoms with van der Waals surface area (Å²) in [6, 6.07) is 11.3. The molecular weight excluding hydrogens is 323 g/mol. The second-order valence-corrected chi connectivity index (χ2v) is 5.62. The van der Waals surface area contributed by atoms with Crippen LogP contribution in [0, 0.1) is 29.6 Å². The van der Waals surface area contributed by atoms with E-state index in [4.69, 9.17) is 10.5 Å². The van der Waals surface area contributed by atoms with Gasteiger partial charge in [-0.3, -0.25) is 0 Å². The summed E-state index contributed by atoms with van der Waals surface area (Å²) in [5.74, 6) is 0.256. The van der Waals surface area contributed by atoms with E-state index in [9.17, 15) is 13.2 Å². The van der Waals surface area contributed by atoms with Crippen LogP contribution in [0.25, 0.3) is 0 Å². The van der Waals surface area contributed by atoms with Crippen LogP contribution in [0.15, 0.2) is 35.4 Å². The van der Waals surface area contributed by atoms with E-state index in [0.717, 1.165) is 17.8 Å². The lowest BCUT2D eigenvalue weighted by atomic mass is 10.1. The summed E-state index contributed by atoms with van der Waals surface area (Å²) in [5.41, 5.74) is -0.151. The number of aryl methyl sites for hydroxylation is 1. The second kappa shape index (κ2) is 6.72. The summed E-state index contributed by atoms with van der Waals surface area (Å²) in [7, 11) is 0. The van der Waals surface area contributed by atoms with Gasteiger partial charge in [-0.25, -0.2) is 4.98 Å². The number of hydrogen-bond donors (Lipinski definition) is 0. The van der Waals surface area contributed by atoms with Gasteiger partial charge in [-0.2, -0.15) is 23.7 Å². The number of nitrogens with zero attached hydrogens (tertiary/aromatic N) is 3. The van der Waals surface area contributed by atoms with Crippen LogP contribution < -0.4 is 0 Å². The number of halogens is 3. The Morgan fingerprint density at radius 2 is 1.87 bits per heavy atom. The molecule has 23 heavy (non-hydrogen) atoms. The highest BCUT2D eigenvalue weighted by Crippen LogP contribution is 2.36. The Morgan fingerprint density at radius 1 is 1.17 bits per heavy atom. The lowest BCUT2D eigenvalue weighted by Crippen LogP contribution is -2.10. The van der Waals surface area contributed by atoms with Crippen molar-refractivity contribution in [2.45, 2.75) is 23.9 Å². The van der Waals surface area contributed by atoms with Gasteiger partial charge < -0.3 is 0 Å².